The highest BCUT2D eigenvalue weighted by Gasteiger charge is 2.07. The molecule has 1 N–H and O–H groups in total. The Hall–Kier alpha value is -1.94. The minimum absolute atomic E-state index is 0.0544. The lowest BCUT2D eigenvalue weighted by atomic mass is 10.2. The second kappa shape index (κ2) is 6.29. The van der Waals surface area contributed by atoms with Crippen LogP contribution in [-0.4, -0.2) is 17.3 Å². The average Bonchev–Trinajstić information content (AvgIpc) is 2.45. The van der Waals surface area contributed by atoms with Gasteiger partial charge in [0.2, 0.25) is 0 Å². The van der Waals surface area contributed by atoms with Gasteiger partial charge in [-0.3, -0.25) is 0 Å². The van der Waals surface area contributed by atoms with Crippen LogP contribution in [0.3, 0.4) is 0 Å². The lowest BCUT2D eigenvalue weighted by Gasteiger charge is -2.06. The number of ether oxygens (including phenoxy) is 1. The summed E-state index contributed by atoms with van der Waals surface area (Å²) < 4.78 is 5.19. The molecule has 2 aromatic rings. The monoisotopic (exact) mass is 274 g/mol. The molecule has 0 fully saturated rings. The molecular formula is C15H14O3S. The van der Waals surface area contributed by atoms with E-state index in [1.54, 1.807) is 23.9 Å². The van der Waals surface area contributed by atoms with Crippen LogP contribution in [0.15, 0.2) is 53.4 Å². The normalized spacial score (nSPS) is 10.2. The maximum absolute atomic E-state index is 11.8. The highest BCUT2D eigenvalue weighted by molar-refractivity contribution is 7.98. The summed E-state index contributed by atoms with van der Waals surface area (Å²) in [5, 5.41) is 9.29. The number of hydrogen-bond acceptors (Lipinski definition) is 4. The third-order valence-corrected chi connectivity index (χ3v) is 3.35. The van der Waals surface area contributed by atoms with E-state index in [1.165, 1.54) is 17.0 Å². The maximum Gasteiger partial charge on any atom is 0.338 e. The average molecular weight is 274 g/mol. The van der Waals surface area contributed by atoms with Crippen molar-refractivity contribution in [2.24, 2.45) is 0 Å². The van der Waals surface area contributed by atoms with Crippen LogP contribution in [0.5, 0.6) is 5.75 Å². The van der Waals surface area contributed by atoms with Crippen LogP contribution in [0, 0.1) is 0 Å². The van der Waals surface area contributed by atoms with Gasteiger partial charge in [-0.1, -0.05) is 18.2 Å². The second-order valence-corrected chi connectivity index (χ2v) is 4.85. The van der Waals surface area contributed by atoms with Crippen LogP contribution in [0.25, 0.3) is 0 Å². The minimum Gasteiger partial charge on any atom is -0.508 e. The Balaban J connectivity index is 1.96. The second-order valence-electron chi connectivity index (χ2n) is 3.97. The SMILES string of the molecule is CSc1ccc(COC(=O)c2cccc(O)c2)cc1. The van der Waals surface area contributed by atoms with Gasteiger partial charge in [-0.25, -0.2) is 4.79 Å². The predicted molar refractivity (Wildman–Crippen MR) is 75.4 cm³/mol. The summed E-state index contributed by atoms with van der Waals surface area (Å²) in [4.78, 5) is 12.9. The molecule has 0 aliphatic heterocycles. The highest BCUT2D eigenvalue weighted by Crippen LogP contribution is 2.16. The number of thioether (sulfide) groups is 1. The smallest absolute Gasteiger partial charge is 0.338 e. The molecule has 0 aliphatic carbocycles. The van der Waals surface area contributed by atoms with Gasteiger partial charge in [0.15, 0.2) is 0 Å². The predicted octanol–water partition coefficient (Wildman–Crippen LogP) is 3.47. The molecule has 3 nitrogen and oxygen atoms in total. The first-order valence-electron chi connectivity index (χ1n) is 5.78. The van der Waals surface area contributed by atoms with Crippen LogP contribution in [0.1, 0.15) is 15.9 Å². The summed E-state index contributed by atoms with van der Waals surface area (Å²) >= 11 is 1.66. The first-order valence-corrected chi connectivity index (χ1v) is 7.00. The molecule has 0 aliphatic rings. The number of aromatic hydroxyl groups is 1. The van der Waals surface area contributed by atoms with Crippen LogP contribution >= 0.6 is 11.8 Å². The molecule has 0 saturated carbocycles. The van der Waals surface area contributed by atoms with Crippen molar-refractivity contribution in [3.05, 3.63) is 59.7 Å². The van der Waals surface area contributed by atoms with Crippen molar-refractivity contribution < 1.29 is 14.6 Å². The Kier molecular flexibility index (Phi) is 4.47. The fourth-order valence-corrected chi connectivity index (χ4v) is 2.00. The maximum atomic E-state index is 11.8. The number of phenols is 1. The first-order chi connectivity index (χ1) is 9.19. The molecule has 0 saturated heterocycles. The number of rotatable bonds is 4. The fraction of sp³-hybridized carbons (Fsp3) is 0.133. The lowest BCUT2D eigenvalue weighted by Crippen LogP contribution is -2.04. The van der Waals surface area contributed by atoms with Gasteiger partial charge >= 0.3 is 5.97 Å². The van der Waals surface area contributed by atoms with E-state index in [1.807, 2.05) is 30.5 Å². The standard InChI is InChI=1S/C15H14O3S/c1-19-14-7-5-11(6-8-14)10-18-15(17)12-3-2-4-13(16)9-12/h2-9,16H,10H2,1H3. The zero-order valence-electron chi connectivity index (χ0n) is 10.5. The minimum atomic E-state index is -0.440. The molecule has 19 heavy (non-hydrogen) atoms. The molecular weight excluding hydrogens is 260 g/mol. The van der Waals surface area contributed by atoms with E-state index in [4.69, 9.17) is 4.74 Å². The number of phenolic OH excluding ortho intramolecular Hbond substituents is 1. The number of carbonyl (C=O) groups is 1. The molecule has 0 radical (unpaired) electrons. The topological polar surface area (TPSA) is 46.5 Å². The molecule has 2 aromatic carbocycles. The van der Waals surface area contributed by atoms with Gasteiger partial charge in [-0.2, -0.15) is 0 Å². The summed E-state index contributed by atoms with van der Waals surface area (Å²) in [6.45, 7) is 0.225. The summed E-state index contributed by atoms with van der Waals surface area (Å²) in [5.41, 5.74) is 1.28. The molecule has 98 valence electrons. The summed E-state index contributed by atoms with van der Waals surface area (Å²) in [6.07, 6.45) is 2.01. The van der Waals surface area contributed by atoms with Crippen molar-refractivity contribution in [1.29, 1.82) is 0 Å². The van der Waals surface area contributed by atoms with E-state index in [9.17, 15) is 9.90 Å². The van der Waals surface area contributed by atoms with Crippen LogP contribution in [-0.2, 0) is 11.3 Å². The van der Waals surface area contributed by atoms with Crippen molar-refractivity contribution in [2.45, 2.75) is 11.5 Å². The number of hydrogen-bond donors (Lipinski definition) is 1. The van der Waals surface area contributed by atoms with Crippen LogP contribution < -0.4 is 0 Å². The molecule has 0 amide bonds. The number of esters is 1. The Morgan fingerprint density at radius 1 is 1.21 bits per heavy atom. The Bertz CT molecular complexity index is 564. The largest absolute Gasteiger partial charge is 0.508 e. The zero-order valence-corrected chi connectivity index (χ0v) is 11.3. The molecule has 0 spiro atoms. The van der Waals surface area contributed by atoms with Crippen molar-refractivity contribution >= 4 is 17.7 Å². The van der Waals surface area contributed by atoms with E-state index >= 15 is 0 Å². The van der Waals surface area contributed by atoms with Crippen molar-refractivity contribution in [2.75, 3.05) is 6.26 Å². The van der Waals surface area contributed by atoms with Gasteiger partial charge in [-0.15, -0.1) is 11.8 Å². The van der Waals surface area contributed by atoms with Crippen molar-refractivity contribution in [3.63, 3.8) is 0 Å². The van der Waals surface area contributed by atoms with E-state index in [2.05, 4.69) is 0 Å². The Morgan fingerprint density at radius 3 is 2.58 bits per heavy atom. The first kappa shape index (κ1) is 13.5. The summed E-state index contributed by atoms with van der Waals surface area (Å²) in [5.74, 6) is -0.386. The lowest BCUT2D eigenvalue weighted by molar-refractivity contribution is 0.0472. The Labute approximate surface area is 116 Å². The molecule has 0 atom stereocenters. The van der Waals surface area contributed by atoms with Gasteiger partial charge in [0.25, 0.3) is 0 Å². The van der Waals surface area contributed by atoms with Gasteiger partial charge < -0.3 is 9.84 Å². The molecule has 2 rings (SSSR count). The van der Waals surface area contributed by atoms with E-state index in [0.717, 1.165) is 5.56 Å². The summed E-state index contributed by atoms with van der Waals surface area (Å²) in [6, 6.07) is 14.0. The van der Waals surface area contributed by atoms with Crippen LogP contribution in [0.2, 0.25) is 0 Å². The quantitative estimate of drug-likeness (QED) is 0.685. The molecule has 0 unspecified atom stereocenters. The highest BCUT2D eigenvalue weighted by atomic mass is 32.2. The van der Waals surface area contributed by atoms with Crippen LogP contribution in [0.4, 0.5) is 0 Å². The van der Waals surface area contributed by atoms with E-state index in [-0.39, 0.29) is 12.4 Å². The van der Waals surface area contributed by atoms with E-state index < -0.39 is 5.97 Å². The van der Waals surface area contributed by atoms with Gasteiger partial charge in [0.1, 0.15) is 12.4 Å². The number of carbonyl (C=O) groups excluding carboxylic acids is 1. The molecule has 0 bridgehead atoms. The summed E-state index contributed by atoms with van der Waals surface area (Å²) in [7, 11) is 0. The Morgan fingerprint density at radius 2 is 1.95 bits per heavy atom. The van der Waals surface area contributed by atoms with Crippen molar-refractivity contribution in [3.8, 4) is 5.75 Å². The van der Waals surface area contributed by atoms with E-state index in [0.29, 0.717) is 5.56 Å². The number of benzene rings is 2. The van der Waals surface area contributed by atoms with Gasteiger partial charge in [0, 0.05) is 4.90 Å². The molecule has 0 aromatic heterocycles. The fourth-order valence-electron chi connectivity index (χ4n) is 1.59. The van der Waals surface area contributed by atoms with Gasteiger partial charge in [-0.05, 0) is 42.2 Å². The third-order valence-electron chi connectivity index (χ3n) is 2.61. The molecule has 4 heteroatoms. The van der Waals surface area contributed by atoms with Gasteiger partial charge in [0.05, 0.1) is 5.56 Å². The van der Waals surface area contributed by atoms with Crippen molar-refractivity contribution in [1.82, 2.24) is 0 Å². The zero-order chi connectivity index (χ0) is 13.7. The third kappa shape index (κ3) is 3.76. The molecule has 0 heterocycles.